The predicted molar refractivity (Wildman–Crippen MR) is 40.2 cm³/mol. The lowest BCUT2D eigenvalue weighted by molar-refractivity contribution is 0.901. The van der Waals surface area contributed by atoms with Crippen molar-refractivity contribution in [3.05, 3.63) is 0 Å². The Kier molecular flexibility index (Phi) is 3.67. The Morgan fingerprint density at radius 1 is 1.67 bits per heavy atom. The van der Waals surface area contributed by atoms with Gasteiger partial charge in [0, 0.05) is 7.05 Å². The van der Waals surface area contributed by atoms with E-state index in [1.165, 1.54) is 0 Å². The van der Waals surface area contributed by atoms with Crippen LogP contribution in [0.4, 0.5) is 0 Å². The summed E-state index contributed by atoms with van der Waals surface area (Å²) in [7, 11) is 1.73. The number of hydrogen-bond acceptors (Lipinski definition) is 3. The molecule has 0 fully saturated rings. The normalized spacial score (nSPS) is 11.2. The van der Waals surface area contributed by atoms with E-state index in [1.807, 2.05) is 13.8 Å². The van der Waals surface area contributed by atoms with Gasteiger partial charge in [0.05, 0.1) is 11.4 Å². The Bertz CT molecular complexity index is 126. The quantitative estimate of drug-likeness (QED) is 0.431. The van der Waals surface area contributed by atoms with Crippen LogP contribution in [0.1, 0.15) is 20.3 Å². The lowest BCUT2D eigenvalue weighted by atomic mass is 10.2. The molecule has 3 nitrogen and oxygen atoms in total. The first-order valence-electron chi connectivity index (χ1n) is 3.01. The second kappa shape index (κ2) is 4.06. The molecule has 0 saturated heterocycles. The summed E-state index contributed by atoms with van der Waals surface area (Å²) in [4.78, 5) is 0. The Balaban J connectivity index is 3.86. The first-order valence-corrected chi connectivity index (χ1v) is 3.01. The smallest absolute Gasteiger partial charge is 0.0778 e. The fourth-order valence-electron chi connectivity index (χ4n) is 0.491. The molecule has 0 saturated carbocycles. The summed E-state index contributed by atoms with van der Waals surface area (Å²) in [5.74, 6) is 0. The van der Waals surface area contributed by atoms with Gasteiger partial charge in [0.15, 0.2) is 0 Å². The van der Waals surface area contributed by atoms with Gasteiger partial charge in [0.2, 0.25) is 0 Å². The minimum atomic E-state index is 0.587. The monoisotopic (exact) mass is 127 g/mol. The number of hydrazone groups is 1. The molecule has 0 atom stereocenters. The van der Waals surface area contributed by atoms with Crippen molar-refractivity contribution in [2.75, 3.05) is 7.05 Å². The van der Waals surface area contributed by atoms with Crippen LogP contribution in [0.25, 0.3) is 0 Å². The van der Waals surface area contributed by atoms with Crippen molar-refractivity contribution in [2.24, 2.45) is 5.10 Å². The second-order valence-electron chi connectivity index (χ2n) is 1.75. The molecule has 3 heteroatoms. The van der Waals surface area contributed by atoms with Gasteiger partial charge in [0.1, 0.15) is 0 Å². The third-order valence-electron chi connectivity index (χ3n) is 1.07. The molecule has 2 N–H and O–H groups in total. The van der Waals surface area contributed by atoms with Crippen LogP contribution in [0, 0.1) is 5.41 Å². The van der Waals surface area contributed by atoms with Gasteiger partial charge in [0.25, 0.3) is 0 Å². The molecule has 0 aromatic rings. The molecule has 0 unspecified atom stereocenters. The zero-order valence-electron chi connectivity index (χ0n) is 6.15. The minimum absolute atomic E-state index is 0.587. The lowest BCUT2D eigenvalue weighted by Crippen LogP contribution is -2.11. The van der Waals surface area contributed by atoms with Crippen LogP contribution in [0.5, 0.6) is 0 Å². The first-order chi connectivity index (χ1) is 4.22. The third-order valence-corrected chi connectivity index (χ3v) is 1.07. The van der Waals surface area contributed by atoms with Crippen molar-refractivity contribution in [3.63, 3.8) is 0 Å². The summed E-state index contributed by atoms with van der Waals surface area (Å²) in [6.07, 6.45) is 0.747. The van der Waals surface area contributed by atoms with Gasteiger partial charge in [-0.05, 0) is 13.3 Å². The van der Waals surface area contributed by atoms with E-state index < -0.39 is 0 Å². The molecule has 0 heterocycles. The van der Waals surface area contributed by atoms with Crippen molar-refractivity contribution in [3.8, 4) is 0 Å². The SMILES string of the molecule is CCC(=N)C(C)=NNC. The molecule has 9 heavy (non-hydrogen) atoms. The molecular formula is C6H13N3. The number of rotatable bonds is 3. The summed E-state index contributed by atoms with van der Waals surface area (Å²) in [6, 6.07) is 0. The summed E-state index contributed by atoms with van der Waals surface area (Å²) >= 11 is 0. The van der Waals surface area contributed by atoms with Crippen molar-refractivity contribution < 1.29 is 0 Å². The predicted octanol–water partition coefficient (Wildman–Crippen LogP) is 1.01. The van der Waals surface area contributed by atoms with Gasteiger partial charge in [-0.3, -0.25) is 0 Å². The summed E-state index contributed by atoms with van der Waals surface area (Å²) in [5, 5.41) is 11.1. The third kappa shape index (κ3) is 2.85. The van der Waals surface area contributed by atoms with E-state index in [9.17, 15) is 0 Å². The summed E-state index contributed by atoms with van der Waals surface area (Å²) in [5.41, 5.74) is 3.98. The highest BCUT2D eigenvalue weighted by Crippen LogP contribution is 1.84. The molecule has 0 aromatic heterocycles. The standard InChI is InChI=1S/C6H13N3/c1-4-6(7)5(2)9-8-3/h7-8H,4H2,1-3H3. The molecule has 0 rings (SSSR count). The molecule has 0 aromatic carbocycles. The zero-order chi connectivity index (χ0) is 7.28. The van der Waals surface area contributed by atoms with Crippen LogP contribution in [0.15, 0.2) is 5.10 Å². The van der Waals surface area contributed by atoms with E-state index in [0.29, 0.717) is 5.71 Å². The Morgan fingerprint density at radius 3 is 2.56 bits per heavy atom. The summed E-state index contributed by atoms with van der Waals surface area (Å²) in [6.45, 7) is 3.76. The Labute approximate surface area is 55.7 Å². The molecule has 0 aliphatic heterocycles. The lowest BCUT2D eigenvalue weighted by Gasteiger charge is -1.96. The van der Waals surface area contributed by atoms with Crippen LogP contribution in [-0.4, -0.2) is 18.5 Å². The maximum Gasteiger partial charge on any atom is 0.0778 e. The van der Waals surface area contributed by atoms with E-state index >= 15 is 0 Å². The molecule has 0 aliphatic rings. The maximum atomic E-state index is 7.28. The molecular weight excluding hydrogens is 114 g/mol. The van der Waals surface area contributed by atoms with Gasteiger partial charge in [-0.1, -0.05) is 6.92 Å². The van der Waals surface area contributed by atoms with Gasteiger partial charge < -0.3 is 10.8 Å². The Hall–Kier alpha value is -0.860. The average molecular weight is 127 g/mol. The fraction of sp³-hybridized carbons (Fsp3) is 0.667. The van der Waals surface area contributed by atoms with Gasteiger partial charge >= 0.3 is 0 Å². The highest BCUT2D eigenvalue weighted by molar-refractivity contribution is 6.40. The van der Waals surface area contributed by atoms with Crippen LogP contribution in [-0.2, 0) is 0 Å². The first kappa shape index (κ1) is 8.14. The van der Waals surface area contributed by atoms with E-state index in [0.717, 1.165) is 12.1 Å². The van der Waals surface area contributed by atoms with Crippen LogP contribution in [0.3, 0.4) is 0 Å². The highest BCUT2D eigenvalue weighted by Gasteiger charge is 1.94. The summed E-state index contributed by atoms with van der Waals surface area (Å²) < 4.78 is 0. The highest BCUT2D eigenvalue weighted by atomic mass is 15.3. The van der Waals surface area contributed by atoms with Gasteiger partial charge in [-0.15, -0.1) is 0 Å². The number of nitrogens with one attached hydrogen (secondary N) is 2. The van der Waals surface area contributed by atoms with E-state index in [1.54, 1.807) is 7.05 Å². The topological polar surface area (TPSA) is 48.2 Å². The fourth-order valence-corrected chi connectivity index (χ4v) is 0.491. The molecule has 0 radical (unpaired) electrons. The second-order valence-corrected chi connectivity index (χ2v) is 1.75. The molecule has 0 bridgehead atoms. The van der Waals surface area contributed by atoms with Crippen molar-refractivity contribution in [1.82, 2.24) is 5.43 Å². The zero-order valence-corrected chi connectivity index (χ0v) is 6.15. The molecule has 0 aliphatic carbocycles. The van der Waals surface area contributed by atoms with Crippen LogP contribution < -0.4 is 5.43 Å². The van der Waals surface area contributed by atoms with E-state index in [4.69, 9.17) is 5.41 Å². The molecule has 52 valence electrons. The van der Waals surface area contributed by atoms with Crippen molar-refractivity contribution in [1.29, 1.82) is 5.41 Å². The van der Waals surface area contributed by atoms with Crippen LogP contribution >= 0.6 is 0 Å². The maximum absolute atomic E-state index is 7.28. The van der Waals surface area contributed by atoms with E-state index in [-0.39, 0.29) is 0 Å². The number of nitrogens with zero attached hydrogens (tertiary/aromatic N) is 1. The van der Waals surface area contributed by atoms with Crippen LogP contribution in [0.2, 0.25) is 0 Å². The largest absolute Gasteiger partial charge is 0.313 e. The average Bonchev–Trinajstić information content (AvgIpc) is 1.87. The Morgan fingerprint density at radius 2 is 2.22 bits per heavy atom. The molecule has 0 spiro atoms. The van der Waals surface area contributed by atoms with Gasteiger partial charge in [-0.2, -0.15) is 5.10 Å². The van der Waals surface area contributed by atoms with Crippen molar-refractivity contribution in [2.45, 2.75) is 20.3 Å². The molecule has 0 amide bonds. The minimum Gasteiger partial charge on any atom is -0.313 e. The number of hydrogen-bond donors (Lipinski definition) is 2. The van der Waals surface area contributed by atoms with E-state index in [2.05, 4.69) is 10.5 Å². The van der Waals surface area contributed by atoms with Gasteiger partial charge in [-0.25, -0.2) is 0 Å². The van der Waals surface area contributed by atoms with Crippen molar-refractivity contribution >= 4 is 11.4 Å².